The van der Waals surface area contributed by atoms with Crippen LogP contribution in [0.3, 0.4) is 0 Å². The van der Waals surface area contributed by atoms with Crippen molar-refractivity contribution < 1.29 is 14.3 Å². The second-order valence-electron chi connectivity index (χ2n) is 7.13. The molecule has 4 rings (SSSR count). The second-order valence-corrected chi connectivity index (χ2v) is 9.06. The van der Waals surface area contributed by atoms with Crippen LogP contribution in [0.4, 0.5) is 0 Å². The minimum absolute atomic E-state index is 0.205. The summed E-state index contributed by atoms with van der Waals surface area (Å²) in [5.41, 5.74) is 2.37. The fraction of sp³-hybridized carbons (Fsp3) is 0.208. The number of hydrogen-bond donors (Lipinski definition) is 0. The van der Waals surface area contributed by atoms with Crippen molar-refractivity contribution in [3.8, 4) is 5.75 Å². The molecular formula is C24H21BrN2O4S. The maximum Gasteiger partial charge on any atom is 0.338 e. The van der Waals surface area contributed by atoms with E-state index in [-0.39, 0.29) is 12.2 Å². The van der Waals surface area contributed by atoms with E-state index in [1.54, 1.807) is 25.5 Å². The van der Waals surface area contributed by atoms with Gasteiger partial charge in [-0.05, 0) is 55.3 Å². The highest BCUT2D eigenvalue weighted by Crippen LogP contribution is 2.31. The molecule has 0 saturated heterocycles. The molecule has 1 aromatic heterocycles. The SMILES string of the molecule is CCOC(=O)C1=C(C)N=c2sc(=Cc3cccc(Br)c3)c(=O)n2C1c1ccc(OC)cc1. The molecule has 0 saturated carbocycles. The first kappa shape index (κ1) is 22.2. The van der Waals surface area contributed by atoms with Crippen LogP contribution in [0.5, 0.6) is 5.75 Å². The van der Waals surface area contributed by atoms with Crippen LogP contribution in [0.2, 0.25) is 0 Å². The smallest absolute Gasteiger partial charge is 0.338 e. The number of esters is 1. The molecule has 0 amide bonds. The fourth-order valence-corrected chi connectivity index (χ4v) is 5.10. The standard InChI is InChI=1S/C24H21BrN2O4S/c1-4-31-23(29)20-14(2)26-24-27(21(20)16-8-10-18(30-3)11-9-16)22(28)19(32-24)13-15-6-5-7-17(25)12-15/h5-13,21H,4H2,1-3H3. The van der Waals surface area contributed by atoms with Crippen LogP contribution in [-0.4, -0.2) is 24.3 Å². The molecule has 32 heavy (non-hydrogen) atoms. The summed E-state index contributed by atoms with van der Waals surface area (Å²) in [5.74, 6) is 0.213. The number of halogens is 1. The number of thiazole rings is 1. The summed E-state index contributed by atoms with van der Waals surface area (Å²) in [6.45, 7) is 3.76. The van der Waals surface area contributed by atoms with Crippen LogP contribution in [0, 0.1) is 0 Å². The Morgan fingerprint density at radius 1 is 1.25 bits per heavy atom. The predicted molar refractivity (Wildman–Crippen MR) is 128 cm³/mol. The molecule has 164 valence electrons. The second kappa shape index (κ2) is 9.26. The van der Waals surface area contributed by atoms with Gasteiger partial charge in [-0.1, -0.05) is 51.5 Å². The number of rotatable bonds is 5. The highest BCUT2D eigenvalue weighted by molar-refractivity contribution is 9.10. The maximum absolute atomic E-state index is 13.5. The lowest BCUT2D eigenvalue weighted by Crippen LogP contribution is -2.39. The molecule has 8 heteroatoms. The summed E-state index contributed by atoms with van der Waals surface area (Å²) in [6.07, 6.45) is 1.84. The third kappa shape index (κ3) is 4.20. The Balaban J connectivity index is 1.94. The van der Waals surface area contributed by atoms with E-state index in [0.717, 1.165) is 15.6 Å². The van der Waals surface area contributed by atoms with Crippen molar-refractivity contribution in [1.29, 1.82) is 0 Å². The van der Waals surface area contributed by atoms with Crippen molar-refractivity contribution in [3.63, 3.8) is 0 Å². The largest absolute Gasteiger partial charge is 0.497 e. The maximum atomic E-state index is 13.5. The van der Waals surface area contributed by atoms with Crippen LogP contribution in [0.15, 0.2) is 74.1 Å². The first-order chi connectivity index (χ1) is 15.4. The van der Waals surface area contributed by atoms with Gasteiger partial charge in [0.2, 0.25) is 0 Å². The number of hydrogen-bond acceptors (Lipinski definition) is 6. The van der Waals surface area contributed by atoms with Gasteiger partial charge in [0.15, 0.2) is 4.80 Å². The van der Waals surface area contributed by atoms with Crippen molar-refractivity contribution >= 4 is 39.3 Å². The molecule has 1 atom stereocenters. The van der Waals surface area contributed by atoms with Crippen LogP contribution < -0.4 is 19.6 Å². The van der Waals surface area contributed by atoms with E-state index < -0.39 is 12.0 Å². The van der Waals surface area contributed by atoms with Gasteiger partial charge in [0, 0.05) is 4.47 Å². The van der Waals surface area contributed by atoms with Gasteiger partial charge >= 0.3 is 5.97 Å². The highest BCUT2D eigenvalue weighted by Gasteiger charge is 2.33. The Morgan fingerprint density at radius 3 is 2.66 bits per heavy atom. The lowest BCUT2D eigenvalue weighted by atomic mass is 9.96. The number of benzene rings is 2. The summed E-state index contributed by atoms with van der Waals surface area (Å²) in [6, 6.07) is 14.4. The number of methoxy groups -OCH3 is 1. The van der Waals surface area contributed by atoms with E-state index >= 15 is 0 Å². The van der Waals surface area contributed by atoms with Gasteiger partial charge in [0.25, 0.3) is 5.56 Å². The number of carbonyl (C=O) groups excluding carboxylic acids is 1. The monoisotopic (exact) mass is 512 g/mol. The lowest BCUT2D eigenvalue weighted by molar-refractivity contribution is -0.139. The van der Waals surface area contributed by atoms with E-state index in [9.17, 15) is 9.59 Å². The lowest BCUT2D eigenvalue weighted by Gasteiger charge is -2.24. The number of allylic oxidation sites excluding steroid dienone is 1. The summed E-state index contributed by atoms with van der Waals surface area (Å²) in [5, 5.41) is 0. The molecule has 0 fully saturated rings. The summed E-state index contributed by atoms with van der Waals surface area (Å²) >= 11 is 4.76. The average Bonchev–Trinajstić information content (AvgIpc) is 3.07. The van der Waals surface area contributed by atoms with Crippen molar-refractivity contribution in [2.75, 3.05) is 13.7 Å². The number of nitrogens with zero attached hydrogens (tertiary/aromatic N) is 2. The number of aromatic nitrogens is 1. The molecule has 0 N–H and O–H groups in total. The van der Waals surface area contributed by atoms with Gasteiger partial charge < -0.3 is 9.47 Å². The molecule has 1 aliphatic heterocycles. The Labute approximate surface area is 197 Å². The Kier molecular flexibility index (Phi) is 6.43. The van der Waals surface area contributed by atoms with E-state index in [2.05, 4.69) is 20.9 Å². The predicted octanol–water partition coefficient (Wildman–Crippen LogP) is 3.57. The first-order valence-electron chi connectivity index (χ1n) is 10.0. The number of ether oxygens (including phenoxy) is 2. The van der Waals surface area contributed by atoms with Crippen molar-refractivity contribution in [3.05, 3.63) is 95.1 Å². The zero-order valence-corrected chi connectivity index (χ0v) is 20.2. The average molecular weight is 513 g/mol. The molecule has 0 aliphatic carbocycles. The fourth-order valence-electron chi connectivity index (χ4n) is 3.64. The molecule has 1 aliphatic rings. The van der Waals surface area contributed by atoms with Crippen molar-refractivity contribution in [2.24, 2.45) is 4.99 Å². The minimum Gasteiger partial charge on any atom is -0.497 e. The molecule has 0 bridgehead atoms. The molecule has 6 nitrogen and oxygen atoms in total. The van der Waals surface area contributed by atoms with Gasteiger partial charge in [0.05, 0.1) is 35.6 Å². The van der Waals surface area contributed by atoms with E-state index in [4.69, 9.17) is 9.47 Å². The molecule has 2 aromatic carbocycles. The topological polar surface area (TPSA) is 69.9 Å². The van der Waals surface area contributed by atoms with Crippen LogP contribution in [0.1, 0.15) is 31.0 Å². The normalized spacial score (nSPS) is 15.9. The van der Waals surface area contributed by atoms with Gasteiger partial charge in [-0.15, -0.1) is 0 Å². The first-order valence-corrected chi connectivity index (χ1v) is 11.6. The molecule has 3 aromatic rings. The third-order valence-corrected chi connectivity index (χ3v) is 6.57. The molecular weight excluding hydrogens is 492 g/mol. The van der Waals surface area contributed by atoms with Crippen LogP contribution >= 0.6 is 27.3 Å². The van der Waals surface area contributed by atoms with Gasteiger partial charge in [-0.3, -0.25) is 9.36 Å². The molecule has 0 spiro atoms. The summed E-state index contributed by atoms with van der Waals surface area (Å²) in [4.78, 5) is 31.5. The Hall–Kier alpha value is -2.97. The van der Waals surface area contributed by atoms with Crippen LogP contribution in [0.25, 0.3) is 6.08 Å². The summed E-state index contributed by atoms with van der Waals surface area (Å²) in [7, 11) is 1.59. The van der Waals surface area contributed by atoms with Crippen LogP contribution in [-0.2, 0) is 9.53 Å². The number of fused-ring (bicyclic) bond motifs is 1. The quantitative estimate of drug-likeness (QED) is 0.490. The zero-order valence-electron chi connectivity index (χ0n) is 17.8. The molecule has 0 radical (unpaired) electrons. The van der Waals surface area contributed by atoms with Crippen molar-refractivity contribution in [2.45, 2.75) is 19.9 Å². The minimum atomic E-state index is -0.638. The van der Waals surface area contributed by atoms with Crippen molar-refractivity contribution in [1.82, 2.24) is 4.57 Å². The van der Waals surface area contributed by atoms with E-state index in [1.165, 1.54) is 11.3 Å². The molecule has 1 unspecified atom stereocenters. The van der Waals surface area contributed by atoms with Gasteiger partial charge in [0.1, 0.15) is 5.75 Å². The Morgan fingerprint density at radius 2 is 2.00 bits per heavy atom. The third-order valence-electron chi connectivity index (χ3n) is 5.10. The van der Waals surface area contributed by atoms with E-state index in [0.29, 0.717) is 26.4 Å². The summed E-state index contributed by atoms with van der Waals surface area (Å²) < 4.78 is 13.6. The van der Waals surface area contributed by atoms with Gasteiger partial charge in [-0.2, -0.15) is 0 Å². The number of carbonyl (C=O) groups is 1. The highest BCUT2D eigenvalue weighted by atomic mass is 79.9. The van der Waals surface area contributed by atoms with Gasteiger partial charge in [-0.25, -0.2) is 9.79 Å². The Bertz CT molecular complexity index is 1390. The zero-order chi connectivity index (χ0) is 22.8. The van der Waals surface area contributed by atoms with E-state index in [1.807, 2.05) is 54.6 Å². The molecule has 2 heterocycles.